The second kappa shape index (κ2) is 8.68. The van der Waals surface area contributed by atoms with Crippen LogP contribution in [0.1, 0.15) is 23.0 Å². The smallest absolute Gasteiger partial charge is 0.274 e. The number of aryl methyl sites for hydroxylation is 1. The quantitative estimate of drug-likeness (QED) is 0.606. The van der Waals surface area contributed by atoms with E-state index in [9.17, 15) is 13.2 Å². The Labute approximate surface area is 185 Å². The molecule has 2 N–H and O–H groups in total. The Morgan fingerprint density at radius 1 is 1.16 bits per heavy atom. The SMILES string of the molecule is CCc1cc(N2CCS(=O)(=O)CC2)ccc1NC(=O)c1cc(Cl)cc(-c2cc[nH]n2)n1. The van der Waals surface area contributed by atoms with Crippen LogP contribution in [0.2, 0.25) is 5.02 Å². The van der Waals surface area contributed by atoms with Crippen molar-refractivity contribution in [2.45, 2.75) is 13.3 Å². The molecule has 10 heteroatoms. The predicted molar refractivity (Wildman–Crippen MR) is 121 cm³/mol. The van der Waals surface area contributed by atoms with E-state index in [1.807, 2.05) is 25.1 Å². The standard InChI is InChI=1S/C21H22ClN5O3S/c1-2-14-11-16(27-7-9-31(29,30)10-8-27)3-4-17(14)25-21(28)20-13-15(22)12-19(24-20)18-5-6-23-26-18/h3-6,11-13H,2,7-10H2,1H3,(H,23,26)(H,25,28). The van der Waals surface area contributed by atoms with Gasteiger partial charge in [0.25, 0.3) is 5.91 Å². The van der Waals surface area contributed by atoms with Crippen LogP contribution in [0.3, 0.4) is 0 Å². The van der Waals surface area contributed by atoms with Crippen molar-refractivity contribution in [3.8, 4) is 11.4 Å². The molecule has 1 aliphatic rings. The van der Waals surface area contributed by atoms with Gasteiger partial charge in [0.1, 0.15) is 11.4 Å². The molecule has 1 aromatic carbocycles. The molecule has 8 nitrogen and oxygen atoms in total. The molecule has 1 fully saturated rings. The summed E-state index contributed by atoms with van der Waals surface area (Å²) in [4.78, 5) is 19.3. The van der Waals surface area contributed by atoms with Crippen LogP contribution in [-0.4, -0.2) is 54.1 Å². The summed E-state index contributed by atoms with van der Waals surface area (Å²) in [5.74, 6) is -0.0527. The number of nitrogens with zero attached hydrogens (tertiary/aromatic N) is 3. The Morgan fingerprint density at radius 2 is 1.94 bits per heavy atom. The summed E-state index contributed by atoms with van der Waals surface area (Å²) in [6.07, 6.45) is 2.38. The second-order valence-electron chi connectivity index (χ2n) is 7.30. The molecule has 3 aromatic rings. The van der Waals surface area contributed by atoms with Gasteiger partial charge < -0.3 is 10.2 Å². The highest BCUT2D eigenvalue weighted by Crippen LogP contribution is 2.26. The van der Waals surface area contributed by atoms with E-state index in [0.29, 0.717) is 41.6 Å². The second-order valence-corrected chi connectivity index (χ2v) is 10.0. The zero-order valence-corrected chi connectivity index (χ0v) is 18.5. The van der Waals surface area contributed by atoms with Gasteiger partial charge in [0.05, 0.1) is 17.2 Å². The maximum Gasteiger partial charge on any atom is 0.274 e. The number of carbonyl (C=O) groups excluding carboxylic acids is 1. The number of H-pyrrole nitrogens is 1. The zero-order valence-electron chi connectivity index (χ0n) is 16.9. The molecule has 0 bridgehead atoms. The maximum atomic E-state index is 12.9. The number of benzene rings is 1. The third-order valence-electron chi connectivity index (χ3n) is 5.21. The van der Waals surface area contributed by atoms with Gasteiger partial charge in [-0.2, -0.15) is 5.10 Å². The molecule has 0 spiro atoms. The molecule has 3 heterocycles. The topological polar surface area (TPSA) is 108 Å². The van der Waals surface area contributed by atoms with Gasteiger partial charge in [-0.1, -0.05) is 18.5 Å². The van der Waals surface area contributed by atoms with Crippen LogP contribution in [0.25, 0.3) is 11.4 Å². The summed E-state index contributed by atoms with van der Waals surface area (Å²) >= 11 is 6.19. The first kappa shape index (κ1) is 21.3. The highest BCUT2D eigenvalue weighted by Gasteiger charge is 2.22. The number of anilines is 2. The molecular weight excluding hydrogens is 438 g/mol. The summed E-state index contributed by atoms with van der Waals surface area (Å²) in [6.45, 7) is 2.95. The maximum absolute atomic E-state index is 12.9. The molecule has 1 amide bonds. The number of hydrogen-bond donors (Lipinski definition) is 2. The minimum Gasteiger partial charge on any atom is -0.369 e. The highest BCUT2D eigenvalue weighted by atomic mass is 35.5. The Hall–Kier alpha value is -2.91. The zero-order chi connectivity index (χ0) is 22.0. The van der Waals surface area contributed by atoms with E-state index in [1.165, 1.54) is 6.07 Å². The number of carbonyl (C=O) groups is 1. The van der Waals surface area contributed by atoms with E-state index in [2.05, 4.69) is 25.4 Å². The summed E-state index contributed by atoms with van der Waals surface area (Å²) in [5, 5.41) is 10.1. The molecule has 2 aromatic heterocycles. The first-order valence-corrected chi connectivity index (χ1v) is 12.1. The number of rotatable bonds is 5. The number of aromatic amines is 1. The molecule has 0 atom stereocenters. The lowest BCUT2D eigenvalue weighted by Crippen LogP contribution is -2.40. The lowest BCUT2D eigenvalue weighted by molar-refractivity contribution is 0.102. The van der Waals surface area contributed by atoms with Gasteiger partial charge in [0, 0.05) is 35.7 Å². The van der Waals surface area contributed by atoms with Crippen molar-refractivity contribution < 1.29 is 13.2 Å². The van der Waals surface area contributed by atoms with Gasteiger partial charge in [-0.15, -0.1) is 0 Å². The molecule has 1 saturated heterocycles. The minimum absolute atomic E-state index is 0.158. The van der Waals surface area contributed by atoms with Gasteiger partial charge in [-0.3, -0.25) is 9.89 Å². The first-order chi connectivity index (χ1) is 14.8. The van der Waals surface area contributed by atoms with Gasteiger partial charge in [-0.05, 0) is 48.4 Å². The van der Waals surface area contributed by atoms with Crippen LogP contribution in [0, 0.1) is 0 Å². The average Bonchev–Trinajstić information content (AvgIpc) is 3.29. The Balaban J connectivity index is 1.55. The number of hydrogen-bond acceptors (Lipinski definition) is 6. The summed E-state index contributed by atoms with van der Waals surface area (Å²) < 4.78 is 23.4. The molecule has 0 aliphatic carbocycles. The molecular formula is C21H22ClN5O3S. The molecule has 0 saturated carbocycles. The number of sulfone groups is 1. The summed E-state index contributed by atoms with van der Waals surface area (Å²) in [7, 11) is -2.94. The van der Waals surface area contributed by atoms with Gasteiger partial charge in [-0.25, -0.2) is 13.4 Å². The van der Waals surface area contributed by atoms with Crippen molar-refractivity contribution in [2.24, 2.45) is 0 Å². The van der Waals surface area contributed by atoms with Crippen molar-refractivity contribution in [3.63, 3.8) is 0 Å². The molecule has 162 valence electrons. The predicted octanol–water partition coefficient (Wildman–Crippen LogP) is 3.17. The third kappa shape index (κ3) is 4.88. The third-order valence-corrected chi connectivity index (χ3v) is 7.04. The lowest BCUT2D eigenvalue weighted by atomic mass is 10.1. The number of halogens is 1. The van der Waals surface area contributed by atoms with Crippen LogP contribution < -0.4 is 10.2 Å². The van der Waals surface area contributed by atoms with E-state index < -0.39 is 9.84 Å². The fraction of sp³-hybridized carbons (Fsp3) is 0.286. The molecule has 4 rings (SSSR count). The van der Waals surface area contributed by atoms with E-state index in [1.54, 1.807) is 18.3 Å². The lowest BCUT2D eigenvalue weighted by Gasteiger charge is -2.29. The Morgan fingerprint density at radius 3 is 2.61 bits per heavy atom. The first-order valence-electron chi connectivity index (χ1n) is 9.92. The van der Waals surface area contributed by atoms with Gasteiger partial charge in [0.2, 0.25) is 0 Å². The van der Waals surface area contributed by atoms with E-state index in [0.717, 1.165) is 11.3 Å². The Bertz CT molecular complexity index is 1200. The fourth-order valence-corrected chi connectivity index (χ4v) is 4.90. The van der Waals surface area contributed by atoms with Crippen LogP contribution in [0.15, 0.2) is 42.6 Å². The minimum atomic E-state index is -2.94. The number of amides is 1. The van der Waals surface area contributed by atoms with Crippen molar-refractivity contribution >= 4 is 38.7 Å². The van der Waals surface area contributed by atoms with Crippen LogP contribution in [-0.2, 0) is 16.3 Å². The molecule has 0 unspecified atom stereocenters. The summed E-state index contributed by atoms with van der Waals surface area (Å²) in [6, 6.07) is 10.6. The largest absolute Gasteiger partial charge is 0.369 e. The average molecular weight is 460 g/mol. The van der Waals surface area contributed by atoms with Gasteiger partial charge in [0.15, 0.2) is 9.84 Å². The van der Waals surface area contributed by atoms with Crippen molar-refractivity contribution in [1.82, 2.24) is 15.2 Å². The molecule has 0 radical (unpaired) electrons. The van der Waals surface area contributed by atoms with E-state index >= 15 is 0 Å². The summed E-state index contributed by atoms with van der Waals surface area (Å²) in [5.41, 5.74) is 3.88. The highest BCUT2D eigenvalue weighted by molar-refractivity contribution is 7.91. The number of nitrogens with one attached hydrogen (secondary N) is 2. The van der Waals surface area contributed by atoms with Gasteiger partial charge >= 0.3 is 0 Å². The number of pyridine rings is 1. The van der Waals surface area contributed by atoms with Crippen molar-refractivity contribution in [3.05, 3.63) is 58.9 Å². The van der Waals surface area contributed by atoms with Crippen LogP contribution in [0.4, 0.5) is 11.4 Å². The van der Waals surface area contributed by atoms with Crippen LogP contribution >= 0.6 is 11.6 Å². The van der Waals surface area contributed by atoms with Crippen molar-refractivity contribution in [1.29, 1.82) is 0 Å². The van der Waals surface area contributed by atoms with E-state index in [-0.39, 0.29) is 23.1 Å². The fourth-order valence-electron chi connectivity index (χ4n) is 3.50. The monoisotopic (exact) mass is 459 g/mol. The molecule has 1 aliphatic heterocycles. The number of aromatic nitrogens is 3. The van der Waals surface area contributed by atoms with Crippen LogP contribution in [0.5, 0.6) is 0 Å². The Kier molecular flexibility index (Phi) is 5.97. The van der Waals surface area contributed by atoms with Crippen molar-refractivity contribution in [2.75, 3.05) is 34.8 Å². The molecule has 31 heavy (non-hydrogen) atoms. The van der Waals surface area contributed by atoms with E-state index in [4.69, 9.17) is 11.6 Å². The normalized spacial score (nSPS) is 15.6.